The summed E-state index contributed by atoms with van der Waals surface area (Å²) in [4.78, 5) is 15.7. The van der Waals surface area contributed by atoms with Crippen molar-refractivity contribution in [2.75, 3.05) is 11.9 Å². The number of carbonyl (C=O) groups excluding carboxylic acids is 1. The number of fused-ring (bicyclic) bond motifs is 1. The zero-order chi connectivity index (χ0) is 15.5. The molecule has 0 bridgehead atoms. The van der Waals surface area contributed by atoms with Crippen LogP contribution in [0.5, 0.6) is 0 Å². The molecule has 2 aromatic heterocycles. The van der Waals surface area contributed by atoms with Crippen LogP contribution in [0.2, 0.25) is 0 Å². The third-order valence-corrected chi connectivity index (χ3v) is 3.34. The molecule has 6 nitrogen and oxygen atoms in total. The summed E-state index contributed by atoms with van der Waals surface area (Å²) in [5.41, 5.74) is 3.23. The minimum atomic E-state index is -0.135. The Morgan fingerprint density at radius 2 is 2.23 bits per heavy atom. The zero-order valence-electron chi connectivity index (χ0n) is 12.2. The topological polar surface area (TPSA) is 80.0 Å². The van der Waals surface area contributed by atoms with Crippen LogP contribution in [-0.4, -0.2) is 32.4 Å². The molecular formula is C16H16N4O2. The Balaban J connectivity index is 2.12. The molecule has 1 amide bonds. The number of aromatic nitrogens is 3. The highest BCUT2D eigenvalue weighted by Gasteiger charge is 2.10. The van der Waals surface area contributed by atoms with Crippen molar-refractivity contribution >= 4 is 22.5 Å². The molecule has 0 atom stereocenters. The maximum absolute atomic E-state index is 11.3. The number of carbonyl (C=O) groups is 1. The number of hydrogen-bond acceptors (Lipinski definition) is 4. The fraction of sp³-hybridized carbons (Fsp3) is 0.188. The molecule has 0 aliphatic rings. The van der Waals surface area contributed by atoms with Gasteiger partial charge in [-0.2, -0.15) is 5.10 Å². The molecule has 2 heterocycles. The highest BCUT2D eigenvalue weighted by Crippen LogP contribution is 2.27. The Morgan fingerprint density at radius 1 is 1.36 bits per heavy atom. The molecule has 0 spiro atoms. The van der Waals surface area contributed by atoms with Gasteiger partial charge in [-0.15, -0.1) is 0 Å². The third kappa shape index (κ3) is 2.68. The van der Waals surface area contributed by atoms with Gasteiger partial charge in [0, 0.05) is 31.3 Å². The smallest absolute Gasteiger partial charge is 0.221 e. The number of aliphatic hydroxyl groups is 1. The lowest BCUT2D eigenvalue weighted by Gasteiger charge is -2.10. The summed E-state index contributed by atoms with van der Waals surface area (Å²) in [6.45, 7) is 1.56. The van der Waals surface area contributed by atoms with E-state index in [9.17, 15) is 4.79 Å². The summed E-state index contributed by atoms with van der Waals surface area (Å²) >= 11 is 0. The monoisotopic (exact) mass is 296 g/mol. The van der Waals surface area contributed by atoms with E-state index in [1.807, 2.05) is 30.5 Å². The van der Waals surface area contributed by atoms with E-state index < -0.39 is 0 Å². The second-order valence-corrected chi connectivity index (χ2v) is 4.98. The van der Waals surface area contributed by atoms with E-state index in [2.05, 4.69) is 15.4 Å². The summed E-state index contributed by atoms with van der Waals surface area (Å²) in [7, 11) is 0. The predicted octanol–water partition coefficient (Wildman–Crippen LogP) is 1.91. The molecule has 2 N–H and O–H groups in total. The first-order valence-corrected chi connectivity index (χ1v) is 6.99. The van der Waals surface area contributed by atoms with Crippen LogP contribution in [0.25, 0.3) is 16.6 Å². The quantitative estimate of drug-likeness (QED) is 0.770. The van der Waals surface area contributed by atoms with Gasteiger partial charge in [0.05, 0.1) is 23.1 Å². The Morgan fingerprint density at radius 3 is 3.00 bits per heavy atom. The van der Waals surface area contributed by atoms with E-state index >= 15 is 0 Å². The van der Waals surface area contributed by atoms with Gasteiger partial charge in [0.2, 0.25) is 5.91 Å². The van der Waals surface area contributed by atoms with Gasteiger partial charge < -0.3 is 10.4 Å². The van der Waals surface area contributed by atoms with Gasteiger partial charge in [0.15, 0.2) is 0 Å². The molecule has 0 saturated heterocycles. The maximum Gasteiger partial charge on any atom is 0.221 e. The summed E-state index contributed by atoms with van der Waals surface area (Å²) in [6, 6.07) is 7.50. The van der Waals surface area contributed by atoms with Crippen molar-refractivity contribution in [3.8, 4) is 5.69 Å². The summed E-state index contributed by atoms with van der Waals surface area (Å²) in [6.07, 6.45) is 5.88. The summed E-state index contributed by atoms with van der Waals surface area (Å²) < 4.78 is 1.76. The molecule has 3 rings (SSSR count). The second kappa shape index (κ2) is 5.95. The first kappa shape index (κ1) is 14.2. The molecule has 0 saturated carbocycles. The minimum Gasteiger partial charge on any atom is -0.396 e. The van der Waals surface area contributed by atoms with Crippen molar-refractivity contribution in [2.45, 2.75) is 13.3 Å². The fourth-order valence-electron chi connectivity index (χ4n) is 2.40. The van der Waals surface area contributed by atoms with E-state index in [0.717, 1.165) is 22.2 Å². The zero-order valence-corrected chi connectivity index (χ0v) is 12.2. The Bertz CT molecular complexity index is 826. The van der Waals surface area contributed by atoms with Crippen LogP contribution in [-0.2, 0) is 11.2 Å². The van der Waals surface area contributed by atoms with Crippen molar-refractivity contribution in [3.63, 3.8) is 0 Å². The van der Waals surface area contributed by atoms with E-state index in [-0.39, 0.29) is 12.5 Å². The van der Waals surface area contributed by atoms with Gasteiger partial charge in [-0.1, -0.05) is 0 Å². The number of amides is 1. The van der Waals surface area contributed by atoms with Gasteiger partial charge in [-0.3, -0.25) is 9.78 Å². The largest absolute Gasteiger partial charge is 0.396 e. The molecule has 112 valence electrons. The molecule has 0 radical (unpaired) electrons. The highest BCUT2D eigenvalue weighted by atomic mass is 16.3. The molecule has 22 heavy (non-hydrogen) atoms. The molecule has 6 heteroatoms. The number of hydrogen-bond donors (Lipinski definition) is 2. The highest BCUT2D eigenvalue weighted by molar-refractivity contribution is 6.02. The van der Waals surface area contributed by atoms with Crippen molar-refractivity contribution in [1.82, 2.24) is 14.8 Å². The number of nitrogens with one attached hydrogen (secondary N) is 1. The van der Waals surface area contributed by atoms with E-state index in [4.69, 9.17) is 5.11 Å². The number of benzene rings is 1. The summed E-state index contributed by atoms with van der Waals surface area (Å²) in [5, 5.41) is 17.0. The fourth-order valence-corrected chi connectivity index (χ4v) is 2.40. The van der Waals surface area contributed by atoms with Gasteiger partial charge in [-0.05, 0) is 36.2 Å². The van der Waals surface area contributed by atoms with Crippen LogP contribution in [0.15, 0.2) is 42.9 Å². The maximum atomic E-state index is 11.3. The van der Waals surface area contributed by atoms with Gasteiger partial charge >= 0.3 is 0 Å². The van der Waals surface area contributed by atoms with Crippen LogP contribution in [0, 0.1) is 0 Å². The van der Waals surface area contributed by atoms with Crippen LogP contribution in [0.3, 0.4) is 0 Å². The minimum absolute atomic E-state index is 0.0927. The second-order valence-electron chi connectivity index (χ2n) is 4.98. The summed E-state index contributed by atoms with van der Waals surface area (Å²) in [5.74, 6) is -0.135. The normalized spacial score (nSPS) is 10.8. The Hall–Kier alpha value is -2.73. The molecule has 0 aliphatic heterocycles. The lowest BCUT2D eigenvalue weighted by atomic mass is 10.1. The van der Waals surface area contributed by atoms with Crippen molar-refractivity contribution < 1.29 is 9.90 Å². The van der Waals surface area contributed by atoms with Crippen molar-refractivity contribution in [2.24, 2.45) is 0 Å². The number of anilines is 1. The van der Waals surface area contributed by atoms with Crippen LogP contribution in [0.4, 0.5) is 5.69 Å². The molecule has 0 fully saturated rings. The molecular weight excluding hydrogens is 280 g/mol. The number of nitrogens with zero attached hydrogens (tertiary/aromatic N) is 3. The molecule has 3 aromatic rings. The van der Waals surface area contributed by atoms with Gasteiger partial charge in [0.25, 0.3) is 0 Å². The lowest BCUT2D eigenvalue weighted by molar-refractivity contribution is -0.114. The standard InChI is InChI=1S/C16H16N4O2/c1-11(22)19-14-4-5-15(13-3-2-7-17-16(13)14)20-10-12(6-8-21)9-18-20/h2-5,7,9-10,21H,6,8H2,1H3,(H,19,22). The molecule has 0 aliphatic carbocycles. The Kier molecular flexibility index (Phi) is 3.84. The van der Waals surface area contributed by atoms with Crippen molar-refractivity contribution in [3.05, 3.63) is 48.4 Å². The SMILES string of the molecule is CC(=O)Nc1ccc(-n2cc(CCO)cn2)c2cccnc12. The number of rotatable bonds is 4. The molecule has 1 aromatic carbocycles. The van der Waals surface area contributed by atoms with Gasteiger partial charge in [0.1, 0.15) is 0 Å². The number of pyridine rings is 1. The van der Waals surface area contributed by atoms with Crippen molar-refractivity contribution in [1.29, 1.82) is 0 Å². The van der Waals surface area contributed by atoms with E-state index in [1.54, 1.807) is 17.1 Å². The van der Waals surface area contributed by atoms with E-state index in [1.165, 1.54) is 6.92 Å². The van der Waals surface area contributed by atoms with Gasteiger partial charge in [-0.25, -0.2) is 4.68 Å². The average Bonchev–Trinajstić information content (AvgIpc) is 2.96. The first-order valence-electron chi connectivity index (χ1n) is 6.99. The first-order chi connectivity index (χ1) is 10.7. The van der Waals surface area contributed by atoms with Crippen LogP contribution in [0.1, 0.15) is 12.5 Å². The van der Waals surface area contributed by atoms with Crippen LogP contribution >= 0.6 is 0 Å². The predicted molar refractivity (Wildman–Crippen MR) is 84.0 cm³/mol. The van der Waals surface area contributed by atoms with E-state index in [0.29, 0.717) is 12.1 Å². The average molecular weight is 296 g/mol. The third-order valence-electron chi connectivity index (χ3n) is 3.34. The lowest BCUT2D eigenvalue weighted by Crippen LogP contribution is -2.07. The number of aliphatic hydroxyl groups excluding tert-OH is 1. The molecule has 0 unspecified atom stereocenters. The van der Waals surface area contributed by atoms with Crippen LogP contribution < -0.4 is 5.32 Å². The Labute approximate surface area is 127 Å².